The molecule has 2 N–H and O–H groups in total. The van der Waals surface area contributed by atoms with Crippen LogP contribution in [0.15, 0.2) is 24.3 Å². The maximum Gasteiger partial charge on any atom is 0.409 e. The molecule has 0 heterocycles. The first-order valence-corrected chi connectivity index (χ1v) is 6.27. The molecule has 0 fully saturated rings. The summed E-state index contributed by atoms with van der Waals surface area (Å²) in [7, 11) is 0. The standard InChI is InChI=1S/C13H18ClNO3/c1-3-12(16)15(13(17)18)9(2)8-10-6-4-5-7-11(10)14/h4-7,9,12,16H,3,8H2,1-2H3,(H,17,18)/t9-,12-/m1/s1. The molecule has 100 valence electrons. The molecule has 5 heteroatoms. The number of halogens is 1. The number of carbonyl (C=O) groups is 1. The molecule has 1 aromatic rings. The van der Waals surface area contributed by atoms with Gasteiger partial charge in [0.1, 0.15) is 6.23 Å². The Morgan fingerprint density at radius 2 is 2.06 bits per heavy atom. The smallest absolute Gasteiger partial charge is 0.409 e. The molecule has 0 unspecified atom stereocenters. The first-order chi connectivity index (χ1) is 8.47. The lowest BCUT2D eigenvalue weighted by Crippen LogP contribution is -2.46. The average Bonchev–Trinajstić information content (AvgIpc) is 2.31. The number of nitrogens with zero attached hydrogens (tertiary/aromatic N) is 1. The lowest BCUT2D eigenvalue weighted by Gasteiger charge is -2.30. The quantitative estimate of drug-likeness (QED) is 0.810. The topological polar surface area (TPSA) is 60.8 Å². The van der Waals surface area contributed by atoms with E-state index < -0.39 is 12.3 Å². The third-order valence-corrected chi connectivity index (χ3v) is 3.22. The molecule has 0 saturated carbocycles. The normalized spacial score (nSPS) is 14.0. The molecule has 0 radical (unpaired) electrons. The maximum absolute atomic E-state index is 11.1. The number of hydrogen-bond acceptors (Lipinski definition) is 2. The average molecular weight is 272 g/mol. The van der Waals surface area contributed by atoms with E-state index in [2.05, 4.69) is 0 Å². The maximum atomic E-state index is 11.1. The molecule has 18 heavy (non-hydrogen) atoms. The van der Waals surface area contributed by atoms with Gasteiger partial charge in [-0.2, -0.15) is 0 Å². The number of aliphatic hydroxyl groups excluding tert-OH is 1. The lowest BCUT2D eigenvalue weighted by molar-refractivity contribution is -0.00989. The van der Waals surface area contributed by atoms with Gasteiger partial charge in [0.25, 0.3) is 0 Å². The lowest BCUT2D eigenvalue weighted by atomic mass is 10.1. The highest BCUT2D eigenvalue weighted by molar-refractivity contribution is 6.31. The van der Waals surface area contributed by atoms with Gasteiger partial charge in [0.15, 0.2) is 0 Å². The van der Waals surface area contributed by atoms with Crippen molar-refractivity contribution in [3.05, 3.63) is 34.9 Å². The Morgan fingerprint density at radius 3 is 2.56 bits per heavy atom. The summed E-state index contributed by atoms with van der Waals surface area (Å²) in [5, 5.41) is 19.5. The Morgan fingerprint density at radius 1 is 1.44 bits per heavy atom. The van der Waals surface area contributed by atoms with Crippen molar-refractivity contribution in [2.45, 2.75) is 39.0 Å². The van der Waals surface area contributed by atoms with Gasteiger partial charge in [0.05, 0.1) is 0 Å². The van der Waals surface area contributed by atoms with Crippen LogP contribution in [0.5, 0.6) is 0 Å². The van der Waals surface area contributed by atoms with Crippen molar-refractivity contribution in [2.75, 3.05) is 0 Å². The second kappa shape index (κ2) is 6.61. The highest BCUT2D eigenvalue weighted by atomic mass is 35.5. The van der Waals surface area contributed by atoms with E-state index in [1.54, 1.807) is 19.9 Å². The Labute approximate surface area is 112 Å². The second-order valence-corrected chi connectivity index (χ2v) is 4.63. The van der Waals surface area contributed by atoms with Crippen LogP contribution in [0.25, 0.3) is 0 Å². The van der Waals surface area contributed by atoms with Crippen LogP contribution in [0.3, 0.4) is 0 Å². The predicted octanol–water partition coefficient (Wildman–Crippen LogP) is 2.98. The molecule has 0 saturated heterocycles. The summed E-state index contributed by atoms with van der Waals surface area (Å²) in [5.41, 5.74) is 0.876. The molecule has 1 amide bonds. The number of carboxylic acid groups (broad SMARTS) is 1. The first-order valence-electron chi connectivity index (χ1n) is 5.90. The van der Waals surface area contributed by atoms with Crippen molar-refractivity contribution in [3.63, 3.8) is 0 Å². The SMILES string of the molecule is CC[C@@H](O)N(C(=O)O)[C@H](C)Cc1ccccc1Cl. The first kappa shape index (κ1) is 14.8. The predicted molar refractivity (Wildman–Crippen MR) is 70.8 cm³/mol. The van der Waals surface area contributed by atoms with E-state index in [-0.39, 0.29) is 6.04 Å². The zero-order valence-electron chi connectivity index (χ0n) is 10.5. The minimum absolute atomic E-state index is 0.336. The van der Waals surface area contributed by atoms with Gasteiger partial charge in [-0.15, -0.1) is 0 Å². The largest absolute Gasteiger partial charge is 0.465 e. The second-order valence-electron chi connectivity index (χ2n) is 4.22. The summed E-state index contributed by atoms with van der Waals surface area (Å²) in [4.78, 5) is 12.2. The van der Waals surface area contributed by atoms with E-state index in [0.717, 1.165) is 10.5 Å². The Bertz CT molecular complexity index is 411. The monoisotopic (exact) mass is 271 g/mol. The van der Waals surface area contributed by atoms with Crippen LogP contribution in [0.4, 0.5) is 4.79 Å². The van der Waals surface area contributed by atoms with Gasteiger partial charge in [-0.1, -0.05) is 36.7 Å². The highest BCUT2D eigenvalue weighted by Gasteiger charge is 2.25. The molecule has 0 aliphatic heterocycles. The van der Waals surface area contributed by atoms with Crippen molar-refractivity contribution >= 4 is 17.7 Å². The van der Waals surface area contributed by atoms with Gasteiger partial charge in [-0.05, 0) is 31.4 Å². The molecule has 1 rings (SSSR count). The fourth-order valence-electron chi connectivity index (χ4n) is 1.89. The zero-order chi connectivity index (χ0) is 13.7. The summed E-state index contributed by atoms with van der Waals surface area (Å²) in [6.07, 6.45) is -1.27. The third kappa shape index (κ3) is 3.62. The van der Waals surface area contributed by atoms with Crippen LogP contribution < -0.4 is 0 Å². The Balaban J connectivity index is 2.82. The molecule has 0 aliphatic carbocycles. The summed E-state index contributed by atoms with van der Waals surface area (Å²) in [5.74, 6) is 0. The molecule has 1 aromatic carbocycles. The molecule has 0 spiro atoms. The summed E-state index contributed by atoms with van der Waals surface area (Å²) in [6.45, 7) is 3.50. The van der Waals surface area contributed by atoms with E-state index in [9.17, 15) is 9.90 Å². The van der Waals surface area contributed by atoms with Crippen molar-refractivity contribution in [3.8, 4) is 0 Å². The number of benzene rings is 1. The van der Waals surface area contributed by atoms with E-state index in [1.807, 2.05) is 18.2 Å². The Hall–Kier alpha value is -1.26. The van der Waals surface area contributed by atoms with E-state index in [0.29, 0.717) is 17.9 Å². The fraction of sp³-hybridized carbons (Fsp3) is 0.462. The zero-order valence-corrected chi connectivity index (χ0v) is 11.3. The van der Waals surface area contributed by atoms with Gasteiger partial charge in [-0.25, -0.2) is 4.79 Å². The van der Waals surface area contributed by atoms with Crippen LogP contribution >= 0.6 is 11.6 Å². The van der Waals surface area contributed by atoms with Crippen molar-refractivity contribution in [1.29, 1.82) is 0 Å². The van der Waals surface area contributed by atoms with Gasteiger partial charge in [-0.3, -0.25) is 4.90 Å². The molecule has 0 aliphatic rings. The van der Waals surface area contributed by atoms with Crippen LogP contribution in [0.1, 0.15) is 25.8 Å². The molecule has 0 aromatic heterocycles. The van der Waals surface area contributed by atoms with Gasteiger partial charge in [0.2, 0.25) is 0 Å². The van der Waals surface area contributed by atoms with Crippen LogP contribution in [0, 0.1) is 0 Å². The minimum Gasteiger partial charge on any atom is -0.465 e. The van der Waals surface area contributed by atoms with Crippen LogP contribution in [-0.2, 0) is 6.42 Å². The van der Waals surface area contributed by atoms with Crippen LogP contribution in [-0.4, -0.2) is 33.5 Å². The minimum atomic E-state index is -1.12. The Kier molecular flexibility index (Phi) is 5.44. The van der Waals surface area contributed by atoms with Gasteiger partial charge >= 0.3 is 6.09 Å². The highest BCUT2D eigenvalue weighted by Crippen LogP contribution is 2.19. The van der Waals surface area contributed by atoms with Crippen molar-refractivity contribution < 1.29 is 15.0 Å². The third-order valence-electron chi connectivity index (χ3n) is 2.86. The summed E-state index contributed by atoms with van der Waals surface area (Å²) < 4.78 is 0. The fourth-order valence-corrected chi connectivity index (χ4v) is 2.10. The summed E-state index contributed by atoms with van der Waals surface area (Å²) >= 11 is 6.04. The number of hydrogen-bond donors (Lipinski definition) is 2. The van der Waals surface area contributed by atoms with E-state index in [4.69, 9.17) is 16.7 Å². The van der Waals surface area contributed by atoms with E-state index in [1.165, 1.54) is 0 Å². The molecule has 0 bridgehead atoms. The van der Waals surface area contributed by atoms with Crippen LogP contribution in [0.2, 0.25) is 5.02 Å². The van der Waals surface area contributed by atoms with Gasteiger partial charge < -0.3 is 10.2 Å². The van der Waals surface area contributed by atoms with Crippen molar-refractivity contribution in [2.24, 2.45) is 0 Å². The number of rotatable bonds is 5. The van der Waals surface area contributed by atoms with Crippen molar-refractivity contribution in [1.82, 2.24) is 4.90 Å². The summed E-state index contributed by atoms with van der Waals surface area (Å²) in [6, 6.07) is 6.97. The number of aliphatic hydroxyl groups is 1. The molecule has 2 atom stereocenters. The molecular weight excluding hydrogens is 254 g/mol. The van der Waals surface area contributed by atoms with E-state index >= 15 is 0 Å². The molecular formula is C13H18ClNO3. The molecule has 4 nitrogen and oxygen atoms in total. The number of amides is 1. The van der Waals surface area contributed by atoms with Gasteiger partial charge in [0, 0.05) is 11.1 Å².